The smallest absolute Gasteiger partial charge is 0.417 e. The summed E-state index contributed by atoms with van der Waals surface area (Å²) in [5, 5.41) is 9.00. The molecule has 8 heteroatoms. The van der Waals surface area contributed by atoms with Gasteiger partial charge in [-0.2, -0.15) is 18.4 Å². The van der Waals surface area contributed by atoms with Crippen molar-refractivity contribution in [3.05, 3.63) is 59.2 Å². The van der Waals surface area contributed by atoms with E-state index in [2.05, 4.69) is 12.1 Å². The van der Waals surface area contributed by atoms with Crippen molar-refractivity contribution in [2.45, 2.75) is 57.2 Å². The number of benzene rings is 2. The molecule has 0 bridgehead atoms. The number of halogens is 3. The SMILES string of the molecule is CCOC(=O)CC1CC(Oc2ccc(C3CCN(c4ccc(C#N)c(C(F)(F)F)c4)CC3)cc2)C1. The van der Waals surface area contributed by atoms with Crippen molar-refractivity contribution in [3.8, 4) is 11.8 Å². The fourth-order valence-corrected chi connectivity index (χ4v) is 4.94. The van der Waals surface area contributed by atoms with E-state index in [-0.39, 0.29) is 17.6 Å². The summed E-state index contributed by atoms with van der Waals surface area (Å²) in [7, 11) is 0. The maximum atomic E-state index is 13.3. The number of nitrogens with zero attached hydrogens (tertiary/aromatic N) is 2. The maximum absolute atomic E-state index is 13.3. The van der Waals surface area contributed by atoms with Crippen LogP contribution in [-0.4, -0.2) is 31.8 Å². The van der Waals surface area contributed by atoms with E-state index in [1.165, 1.54) is 11.6 Å². The van der Waals surface area contributed by atoms with Crippen molar-refractivity contribution in [3.63, 3.8) is 0 Å². The van der Waals surface area contributed by atoms with Crippen molar-refractivity contribution < 1.29 is 27.4 Å². The van der Waals surface area contributed by atoms with Gasteiger partial charge in [0.2, 0.25) is 0 Å². The van der Waals surface area contributed by atoms with E-state index in [4.69, 9.17) is 14.7 Å². The number of carbonyl (C=O) groups excluding carboxylic acids is 1. The molecule has 2 aliphatic rings. The highest BCUT2D eigenvalue weighted by Crippen LogP contribution is 2.37. The molecule has 1 saturated heterocycles. The Bertz CT molecular complexity index is 1060. The predicted molar refractivity (Wildman–Crippen MR) is 125 cm³/mol. The van der Waals surface area contributed by atoms with Gasteiger partial charge in [-0.05, 0) is 80.3 Å². The lowest BCUT2D eigenvalue weighted by molar-refractivity contribution is -0.145. The van der Waals surface area contributed by atoms with E-state index in [0.717, 1.165) is 37.5 Å². The third-order valence-electron chi connectivity index (χ3n) is 6.90. The summed E-state index contributed by atoms with van der Waals surface area (Å²) in [5.74, 6) is 1.32. The Morgan fingerprint density at radius 2 is 1.80 bits per heavy atom. The first-order valence-corrected chi connectivity index (χ1v) is 12.0. The first-order chi connectivity index (χ1) is 16.8. The maximum Gasteiger partial charge on any atom is 0.417 e. The van der Waals surface area contributed by atoms with E-state index >= 15 is 0 Å². The Balaban J connectivity index is 1.27. The number of alkyl halides is 3. The van der Waals surface area contributed by atoms with E-state index < -0.39 is 11.7 Å². The van der Waals surface area contributed by atoms with Gasteiger partial charge in [-0.3, -0.25) is 4.79 Å². The summed E-state index contributed by atoms with van der Waals surface area (Å²) < 4.78 is 50.9. The second kappa shape index (κ2) is 10.6. The average molecular weight is 487 g/mol. The molecule has 0 spiro atoms. The third kappa shape index (κ3) is 6.08. The summed E-state index contributed by atoms with van der Waals surface area (Å²) in [6.07, 6.45) is -0.609. The van der Waals surface area contributed by atoms with Crippen LogP contribution in [-0.2, 0) is 15.7 Å². The average Bonchev–Trinajstić information content (AvgIpc) is 2.82. The molecule has 0 amide bonds. The summed E-state index contributed by atoms with van der Waals surface area (Å²) in [5.41, 5.74) is 0.464. The molecule has 0 radical (unpaired) electrons. The fourth-order valence-electron chi connectivity index (χ4n) is 4.94. The van der Waals surface area contributed by atoms with Crippen molar-refractivity contribution in [1.29, 1.82) is 5.26 Å². The number of hydrogen-bond acceptors (Lipinski definition) is 5. The topological polar surface area (TPSA) is 62.6 Å². The summed E-state index contributed by atoms with van der Waals surface area (Å²) >= 11 is 0. The van der Waals surface area contributed by atoms with Crippen LogP contribution in [0.1, 0.15) is 61.6 Å². The lowest BCUT2D eigenvalue weighted by Crippen LogP contribution is -2.35. The molecule has 2 aromatic rings. The molecule has 35 heavy (non-hydrogen) atoms. The molecule has 0 atom stereocenters. The van der Waals surface area contributed by atoms with Gasteiger partial charge in [-0.1, -0.05) is 12.1 Å². The summed E-state index contributed by atoms with van der Waals surface area (Å²) in [6, 6.07) is 13.6. The number of anilines is 1. The summed E-state index contributed by atoms with van der Waals surface area (Å²) in [4.78, 5) is 13.5. The van der Waals surface area contributed by atoms with Gasteiger partial charge in [0.05, 0.1) is 29.9 Å². The predicted octanol–water partition coefficient (Wildman–Crippen LogP) is 6.07. The zero-order valence-electron chi connectivity index (χ0n) is 19.7. The third-order valence-corrected chi connectivity index (χ3v) is 6.90. The van der Waals surface area contributed by atoms with Crippen LogP contribution < -0.4 is 9.64 Å². The minimum absolute atomic E-state index is 0.123. The molecule has 186 valence electrons. The molecule has 1 heterocycles. The number of piperidine rings is 1. The molecule has 2 aromatic carbocycles. The highest BCUT2D eigenvalue weighted by molar-refractivity contribution is 5.69. The molecule has 1 saturated carbocycles. The molecule has 5 nitrogen and oxygen atoms in total. The lowest BCUT2D eigenvalue weighted by atomic mass is 9.80. The van der Waals surface area contributed by atoms with Gasteiger partial charge in [-0.25, -0.2) is 0 Å². The zero-order chi connectivity index (χ0) is 25.0. The zero-order valence-corrected chi connectivity index (χ0v) is 19.7. The minimum atomic E-state index is -4.55. The van der Waals surface area contributed by atoms with Gasteiger partial charge in [0, 0.05) is 25.2 Å². The van der Waals surface area contributed by atoms with Gasteiger partial charge < -0.3 is 14.4 Å². The van der Waals surface area contributed by atoms with Crippen LogP contribution >= 0.6 is 0 Å². The number of hydrogen-bond donors (Lipinski definition) is 0. The molecule has 2 fully saturated rings. The molecule has 0 aromatic heterocycles. The van der Waals surface area contributed by atoms with Crippen LogP contribution in [0.5, 0.6) is 5.75 Å². The quantitative estimate of drug-likeness (QED) is 0.445. The summed E-state index contributed by atoms with van der Waals surface area (Å²) in [6.45, 7) is 3.51. The Hall–Kier alpha value is -3.21. The molecule has 0 unspecified atom stereocenters. The molecule has 0 N–H and O–H groups in total. The number of carbonyl (C=O) groups is 1. The van der Waals surface area contributed by atoms with Crippen LogP contribution in [0.3, 0.4) is 0 Å². The Kier molecular flexibility index (Phi) is 7.54. The molecule has 1 aliphatic carbocycles. The largest absolute Gasteiger partial charge is 0.490 e. The monoisotopic (exact) mass is 486 g/mol. The number of esters is 1. The molecular formula is C27H29F3N2O3. The van der Waals surface area contributed by atoms with Gasteiger partial charge in [-0.15, -0.1) is 0 Å². The fraction of sp³-hybridized carbons (Fsp3) is 0.481. The number of ether oxygens (including phenoxy) is 2. The molecular weight excluding hydrogens is 457 g/mol. The highest BCUT2D eigenvalue weighted by atomic mass is 19.4. The molecule has 4 rings (SSSR count). The van der Waals surface area contributed by atoms with E-state index in [0.29, 0.717) is 43.6 Å². The Labute approximate surface area is 203 Å². The van der Waals surface area contributed by atoms with Crippen molar-refractivity contribution in [1.82, 2.24) is 0 Å². The van der Waals surface area contributed by atoms with Crippen LogP contribution in [0.4, 0.5) is 18.9 Å². The first kappa shape index (κ1) is 24.9. The van der Waals surface area contributed by atoms with Crippen LogP contribution in [0.25, 0.3) is 0 Å². The number of nitriles is 1. The minimum Gasteiger partial charge on any atom is -0.490 e. The van der Waals surface area contributed by atoms with Crippen LogP contribution in [0.2, 0.25) is 0 Å². The van der Waals surface area contributed by atoms with Crippen LogP contribution in [0, 0.1) is 17.2 Å². The van der Waals surface area contributed by atoms with E-state index in [9.17, 15) is 18.0 Å². The van der Waals surface area contributed by atoms with Gasteiger partial charge >= 0.3 is 12.1 Å². The second-order valence-electron chi connectivity index (χ2n) is 9.26. The Morgan fingerprint density at radius 1 is 1.11 bits per heavy atom. The molecule has 1 aliphatic heterocycles. The normalized spacial score (nSPS) is 20.6. The van der Waals surface area contributed by atoms with Crippen LogP contribution in [0.15, 0.2) is 42.5 Å². The highest BCUT2D eigenvalue weighted by Gasteiger charge is 2.35. The van der Waals surface area contributed by atoms with Gasteiger partial charge in [0.1, 0.15) is 5.75 Å². The second-order valence-corrected chi connectivity index (χ2v) is 9.26. The standard InChI is InChI=1S/C27H29F3N2O3/c1-2-34-26(33)15-18-13-24(14-18)35-23-7-4-19(5-8-23)20-9-11-32(12-10-20)22-6-3-21(17-31)25(16-22)27(28,29)30/h3-8,16,18,20,24H,2,9-15H2,1H3. The van der Waals surface area contributed by atoms with Gasteiger partial charge in [0.25, 0.3) is 0 Å². The van der Waals surface area contributed by atoms with Crippen molar-refractivity contribution in [2.75, 3.05) is 24.6 Å². The Morgan fingerprint density at radius 3 is 2.40 bits per heavy atom. The van der Waals surface area contributed by atoms with Gasteiger partial charge in [0.15, 0.2) is 0 Å². The lowest BCUT2D eigenvalue weighted by Gasteiger charge is -2.35. The number of rotatable bonds is 7. The van der Waals surface area contributed by atoms with Crippen molar-refractivity contribution in [2.24, 2.45) is 5.92 Å². The first-order valence-electron chi connectivity index (χ1n) is 12.0. The van der Waals surface area contributed by atoms with Crippen molar-refractivity contribution >= 4 is 11.7 Å². The van der Waals surface area contributed by atoms with E-state index in [1.807, 2.05) is 17.0 Å². The van der Waals surface area contributed by atoms with E-state index in [1.54, 1.807) is 19.1 Å².